The molecular weight excluding hydrogens is 409 g/mol. The fraction of sp³-hybridized carbons (Fsp3) is 0.462. The minimum absolute atomic E-state index is 0.0300. The van der Waals surface area contributed by atoms with E-state index in [1.165, 1.54) is 6.07 Å². The van der Waals surface area contributed by atoms with Gasteiger partial charge in [0.15, 0.2) is 0 Å². The Morgan fingerprint density at radius 1 is 1.50 bits per heavy atom. The molecule has 0 bridgehead atoms. The van der Waals surface area contributed by atoms with Crippen molar-refractivity contribution in [2.24, 2.45) is 0 Å². The molecular formula is C13H17BrINO2. The molecule has 0 radical (unpaired) electrons. The van der Waals surface area contributed by atoms with Gasteiger partial charge in [-0.3, -0.25) is 4.79 Å². The molecule has 1 rings (SSSR count). The Kier molecular flexibility index (Phi) is 6.42. The summed E-state index contributed by atoms with van der Waals surface area (Å²) < 4.78 is 0.751. The number of amides is 1. The van der Waals surface area contributed by atoms with Crippen molar-refractivity contribution in [3.05, 3.63) is 27.3 Å². The predicted octanol–water partition coefficient (Wildman–Crippen LogP) is 3.63. The highest BCUT2D eigenvalue weighted by molar-refractivity contribution is 14.1. The zero-order valence-electron chi connectivity index (χ0n) is 10.5. The van der Waals surface area contributed by atoms with Crippen LogP contribution in [0.25, 0.3) is 0 Å². The number of nitrogens with zero attached hydrogens (tertiary/aromatic N) is 1. The van der Waals surface area contributed by atoms with E-state index in [-0.39, 0.29) is 17.7 Å². The number of rotatable bonds is 5. The van der Waals surface area contributed by atoms with Crippen molar-refractivity contribution >= 4 is 44.4 Å². The largest absolute Gasteiger partial charge is 0.507 e. The van der Waals surface area contributed by atoms with E-state index in [0.29, 0.717) is 12.1 Å². The van der Waals surface area contributed by atoms with E-state index in [2.05, 4.69) is 15.9 Å². The van der Waals surface area contributed by atoms with Crippen molar-refractivity contribution < 1.29 is 9.90 Å². The fourth-order valence-electron chi connectivity index (χ4n) is 1.64. The quantitative estimate of drug-likeness (QED) is 0.578. The summed E-state index contributed by atoms with van der Waals surface area (Å²) in [5.41, 5.74) is 0.538. The number of phenolic OH excluding ortho intramolecular Hbond substituents is 1. The predicted molar refractivity (Wildman–Crippen MR) is 85.4 cm³/mol. The Hall–Kier alpha value is -0.300. The van der Waals surface area contributed by atoms with Gasteiger partial charge in [0.1, 0.15) is 5.75 Å². The Bertz CT molecular complexity index is 423. The summed E-state index contributed by atoms with van der Waals surface area (Å²) in [6, 6.07) is 5.20. The number of aromatic hydroxyl groups is 1. The summed E-state index contributed by atoms with van der Waals surface area (Å²) in [6.07, 6.45) is 0.917. The Labute approximate surface area is 130 Å². The van der Waals surface area contributed by atoms with Crippen LogP contribution in [0.4, 0.5) is 0 Å². The molecule has 0 unspecified atom stereocenters. The second-order valence-corrected chi connectivity index (χ2v) is 6.26. The molecule has 0 spiro atoms. The van der Waals surface area contributed by atoms with Gasteiger partial charge in [0, 0.05) is 23.5 Å². The lowest BCUT2D eigenvalue weighted by Gasteiger charge is -2.26. The van der Waals surface area contributed by atoms with Gasteiger partial charge in [0.25, 0.3) is 5.91 Å². The third-order valence-corrected chi connectivity index (χ3v) is 4.08. The van der Waals surface area contributed by atoms with Crippen LogP contribution < -0.4 is 0 Å². The van der Waals surface area contributed by atoms with E-state index in [9.17, 15) is 9.90 Å². The zero-order valence-corrected chi connectivity index (χ0v) is 14.2. The number of phenols is 1. The molecule has 0 aliphatic carbocycles. The topological polar surface area (TPSA) is 40.5 Å². The first kappa shape index (κ1) is 15.8. The summed E-state index contributed by atoms with van der Waals surface area (Å²) in [6.45, 7) is 4.71. The minimum atomic E-state index is -0.0300. The summed E-state index contributed by atoms with van der Waals surface area (Å²) in [4.78, 5) is 14.2. The van der Waals surface area contributed by atoms with Crippen molar-refractivity contribution in [2.45, 2.75) is 26.3 Å². The molecule has 0 atom stereocenters. The second-order valence-electron chi connectivity index (χ2n) is 4.30. The highest BCUT2D eigenvalue weighted by Crippen LogP contribution is 2.22. The Morgan fingerprint density at radius 3 is 2.67 bits per heavy atom. The van der Waals surface area contributed by atoms with E-state index in [1.807, 2.05) is 41.3 Å². The van der Waals surface area contributed by atoms with Crippen molar-refractivity contribution in [3.8, 4) is 5.75 Å². The van der Waals surface area contributed by atoms with Crippen LogP contribution in [0.15, 0.2) is 18.2 Å². The molecule has 0 aromatic heterocycles. The average Bonchev–Trinajstić information content (AvgIpc) is 2.32. The monoisotopic (exact) mass is 425 g/mol. The third-order valence-electron chi connectivity index (χ3n) is 2.61. The number of alkyl halides is 1. The first-order chi connectivity index (χ1) is 8.47. The summed E-state index contributed by atoms with van der Waals surface area (Å²) in [5, 5.41) is 10.5. The van der Waals surface area contributed by atoms with Gasteiger partial charge in [-0.1, -0.05) is 15.9 Å². The lowest BCUT2D eigenvalue weighted by atomic mass is 10.1. The van der Waals surface area contributed by atoms with E-state index >= 15 is 0 Å². The molecule has 0 fully saturated rings. The fourth-order valence-corrected chi connectivity index (χ4v) is 2.22. The van der Waals surface area contributed by atoms with Crippen LogP contribution in [0.1, 0.15) is 30.6 Å². The van der Waals surface area contributed by atoms with Gasteiger partial charge in [-0.2, -0.15) is 0 Å². The highest BCUT2D eigenvalue weighted by atomic mass is 127. The average molecular weight is 426 g/mol. The number of carbonyl (C=O) groups is 1. The standard InChI is InChI=1S/C13H17BrINO2/c1-9(2)16(7-3-6-14)13(18)10-4-5-11(15)12(17)8-10/h4-5,8-9,17H,3,6-7H2,1-2H3. The van der Waals surface area contributed by atoms with Gasteiger partial charge in [-0.05, 0) is 61.1 Å². The molecule has 0 aliphatic rings. The van der Waals surface area contributed by atoms with E-state index in [0.717, 1.165) is 15.3 Å². The first-order valence-corrected chi connectivity index (χ1v) is 8.02. The van der Waals surface area contributed by atoms with Crippen LogP contribution in [-0.2, 0) is 0 Å². The van der Waals surface area contributed by atoms with Crippen molar-refractivity contribution in [2.75, 3.05) is 11.9 Å². The number of hydrogen-bond donors (Lipinski definition) is 1. The van der Waals surface area contributed by atoms with Crippen LogP contribution in [0.5, 0.6) is 5.75 Å². The van der Waals surface area contributed by atoms with Gasteiger partial charge in [0.05, 0.1) is 3.57 Å². The Morgan fingerprint density at radius 2 is 2.17 bits per heavy atom. The zero-order chi connectivity index (χ0) is 13.7. The maximum Gasteiger partial charge on any atom is 0.254 e. The van der Waals surface area contributed by atoms with E-state index in [4.69, 9.17) is 0 Å². The SMILES string of the molecule is CC(C)N(CCCBr)C(=O)c1ccc(I)c(O)c1. The van der Waals surface area contributed by atoms with Gasteiger partial charge in [-0.15, -0.1) is 0 Å². The lowest BCUT2D eigenvalue weighted by Crippen LogP contribution is -2.37. The molecule has 0 heterocycles. The van der Waals surface area contributed by atoms with Crippen LogP contribution in [0.2, 0.25) is 0 Å². The van der Waals surface area contributed by atoms with E-state index in [1.54, 1.807) is 12.1 Å². The Balaban J connectivity index is 2.91. The molecule has 18 heavy (non-hydrogen) atoms. The minimum Gasteiger partial charge on any atom is -0.507 e. The second kappa shape index (κ2) is 7.33. The van der Waals surface area contributed by atoms with Gasteiger partial charge in [0.2, 0.25) is 0 Å². The van der Waals surface area contributed by atoms with Gasteiger partial charge >= 0.3 is 0 Å². The third kappa shape index (κ3) is 4.12. The molecule has 3 nitrogen and oxygen atoms in total. The van der Waals surface area contributed by atoms with Crippen LogP contribution >= 0.6 is 38.5 Å². The first-order valence-electron chi connectivity index (χ1n) is 5.82. The van der Waals surface area contributed by atoms with Gasteiger partial charge < -0.3 is 10.0 Å². The van der Waals surface area contributed by atoms with Crippen molar-refractivity contribution in [3.63, 3.8) is 0 Å². The lowest BCUT2D eigenvalue weighted by molar-refractivity contribution is 0.0706. The van der Waals surface area contributed by atoms with Gasteiger partial charge in [-0.25, -0.2) is 0 Å². The van der Waals surface area contributed by atoms with Crippen LogP contribution in [-0.4, -0.2) is 33.8 Å². The van der Waals surface area contributed by atoms with Crippen molar-refractivity contribution in [1.29, 1.82) is 0 Å². The van der Waals surface area contributed by atoms with Crippen LogP contribution in [0, 0.1) is 3.57 Å². The highest BCUT2D eigenvalue weighted by Gasteiger charge is 2.18. The smallest absolute Gasteiger partial charge is 0.254 e. The molecule has 5 heteroatoms. The molecule has 1 aromatic rings. The summed E-state index contributed by atoms with van der Waals surface area (Å²) in [7, 11) is 0. The summed E-state index contributed by atoms with van der Waals surface area (Å²) in [5.74, 6) is 0.128. The van der Waals surface area contributed by atoms with E-state index < -0.39 is 0 Å². The molecule has 1 aromatic carbocycles. The maximum absolute atomic E-state index is 12.4. The number of carbonyl (C=O) groups excluding carboxylic acids is 1. The summed E-state index contributed by atoms with van der Waals surface area (Å²) >= 11 is 5.41. The molecule has 1 N–H and O–H groups in total. The maximum atomic E-state index is 12.4. The number of halogens is 2. The number of hydrogen-bond acceptors (Lipinski definition) is 2. The molecule has 0 aliphatic heterocycles. The molecule has 0 saturated carbocycles. The van der Waals surface area contributed by atoms with Crippen LogP contribution in [0.3, 0.4) is 0 Å². The molecule has 100 valence electrons. The molecule has 0 saturated heterocycles. The van der Waals surface area contributed by atoms with Crippen molar-refractivity contribution in [1.82, 2.24) is 4.90 Å². The number of benzene rings is 1. The molecule has 1 amide bonds. The normalized spacial score (nSPS) is 10.7.